The van der Waals surface area contributed by atoms with Crippen LogP contribution in [0.5, 0.6) is 5.75 Å². The van der Waals surface area contributed by atoms with Crippen LogP contribution < -0.4 is 4.90 Å². The average molecular weight is 341 g/mol. The smallest absolute Gasteiger partial charge is 0.282 e. The Morgan fingerprint density at radius 2 is 1.58 bits per heavy atom. The maximum Gasteiger partial charge on any atom is 0.282 e. The van der Waals surface area contributed by atoms with Crippen molar-refractivity contribution in [3.05, 3.63) is 95.9 Å². The topological polar surface area (TPSA) is 65.8 Å². The molecule has 126 valence electrons. The second-order valence-corrected chi connectivity index (χ2v) is 5.77. The molecule has 5 nitrogen and oxygen atoms in total. The number of benzene rings is 2. The molecule has 0 spiro atoms. The van der Waals surface area contributed by atoms with Gasteiger partial charge in [-0.3, -0.25) is 14.7 Å². The van der Waals surface area contributed by atoms with E-state index >= 15 is 0 Å². The quantitative estimate of drug-likeness (QED) is 0.740. The molecule has 2 heterocycles. The molecule has 1 N–H and O–H groups in total. The Balaban J connectivity index is 1.82. The summed E-state index contributed by atoms with van der Waals surface area (Å²) in [6.45, 7) is 0. The first-order valence-corrected chi connectivity index (χ1v) is 8.12. The molecule has 0 fully saturated rings. The highest BCUT2D eigenvalue weighted by Gasteiger charge is 2.32. The molecule has 0 unspecified atom stereocenters. The summed E-state index contributed by atoms with van der Waals surface area (Å²) in [5.41, 5.74) is 2.69. The van der Waals surface area contributed by atoms with Crippen LogP contribution >= 0.6 is 0 Å². The SMILES string of the molecule is O=C1/C(=C\c2ccncc2)N=C(c2ccccc2)N1c1ccc(O)cc1. The van der Waals surface area contributed by atoms with Gasteiger partial charge >= 0.3 is 0 Å². The first kappa shape index (κ1) is 15.8. The number of phenolic OH excluding ortho intramolecular Hbond substituents is 1. The van der Waals surface area contributed by atoms with Crippen molar-refractivity contribution in [3.63, 3.8) is 0 Å². The van der Waals surface area contributed by atoms with Gasteiger partial charge in [-0.2, -0.15) is 0 Å². The number of nitrogens with zero attached hydrogens (tertiary/aromatic N) is 3. The minimum atomic E-state index is -0.216. The number of hydrogen-bond acceptors (Lipinski definition) is 4. The van der Waals surface area contributed by atoms with Crippen molar-refractivity contribution < 1.29 is 9.90 Å². The molecule has 0 bridgehead atoms. The summed E-state index contributed by atoms with van der Waals surface area (Å²) >= 11 is 0. The monoisotopic (exact) mass is 341 g/mol. The van der Waals surface area contributed by atoms with Gasteiger partial charge in [-0.25, -0.2) is 4.99 Å². The van der Waals surface area contributed by atoms with Crippen molar-refractivity contribution >= 4 is 23.5 Å². The zero-order chi connectivity index (χ0) is 17.9. The molecule has 4 rings (SSSR count). The molecule has 1 amide bonds. The fourth-order valence-electron chi connectivity index (χ4n) is 2.76. The Bertz CT molecular complexity index is 994. The van der Waals surface area contributed by atoms with Crippen LogP contribution in [0.15, 0.2) is 89.8 Å². The summed E-state index contributed by atoms with van der Waals surface area (Å²) in [6, 6.07) is 19.7. The summed E-state index contributed by atoms with van der Waals surface area (Å²) in [6.07, 6.45) is 5.09. The first-order chi connectivity index (χ1) is 12.7. The molecule has 5 heteroatoms. The van der Waals surface area contributed by atoms with Crippen LogP contribution in [0, 0.1) is 0 Å². The lowest BCUT2D eigenvalue weighted by Crippen LogP contribution is -2.32. The lowest BCUT2D eigenvalue weighted by molar-refractivity contribution is -0.113. The number of aliphatic imine (C=N–C) groups is 1. The number of rotatable bonds is 3. The average Bonchev–Trinajstić information content (AvgIpc) is 3.00. The predicted molar refractivity (Wildman–Crippen MR) is 101 cm³/mol. The molecule has 0 saturated heterocycles. The van der Waals surface area contributed by atoms with E-state index in [0.29, 0.717) is 17.2 Å². The maximum atomic E-state index is 13.0. The van der Waals surface area contributed by atoms with E-state index in [4.69, 9.17) is 0 Å². The number of aromatic nitrogens is 1. The van der Waals surface area contributed by atoms with E-state index in [1.165, 1.54) is 0 Å². The van der Waals surface area contributed by atoms with Crippen LogP contribution in [-0.2, 0) is 4.79 Å². The van der Waals surface area contributed by atoms with Gasteiger partial charge in [-0.15, -0.1) is 0 Å². The Morgan fingerprint density at radius 1 is 0.885 bits per heavy atom. The molecule has 0 radical (unpaired) electrons. The van der Waals surface area contributed by atoms with E-state index in [9.17, 15) is 9.90 Å². The van der Waals surface area contributed by atoms with Gasteiger partial charge in [-0.1, -0.05) is 30.3 Å². The van der Waals surface area contributed by atoms with E-state index in [1.807, 2.05) is 42.5 Å². The van der Waals surface area contributed by atoms with E-state index in [2.05, 4.69) is 9.98 Å². The normalized spacial score (nSPS) is 15.4. The van der Waals surface area contributed by atoms with E-state index in [0.717, 1.165) is 11.1 Å². The number of amides is 1. The molecule has 3 aromatic rings. The molecule has 0 saturated carbocycles. The van der Waals surface area contributed by atoms with E-state index in [-0.39, 0.29) is 11.7 Å². The lowest BCUT2D eigenvalue weighted by atomic mass is 10.1. The number of carbonyl (C=O) groups is 1. The van der Waals surface area contributed by atoms with Crippen molar-refractivity contribution in [1.82, 2.24) is 4.98 Å². The van der Waals surface area contributed by atoms with Crippen molar-refractivity contribution in [2.24, 2.45) is 4.99 Å². The summed E-state index contributed by atoms with van der Waals surface area (Å²) in [7, 11) is 0. The lowest BCUT2D eigenvalue weighted by Gasteiger charge is -2.18. The maximum absolute atomic E-state index is 13.0. The first-order valence-electron chi connectivity index (χ1n) is 8.12. The molecule has 1 aliphatic rings. The van der Waals surface area contributed by atoms with Gasteiger partial charge in [0.05, 0.1) is 5.69 Å². The number of phenols is 1. The van der Waals surface area contributed by atoms with Gasteiger partial charge in [-0.05, 0) is 48.0 Å². The van der Waals surface area contributed by atoms with E-state index < -0.39 is 0 Å². The van der Waals surface area contributed by atoms with Gasteiger partial charge in [0.2, 0.25) is 0 Å². The van der Waals surface area contributed by atoms with Crippen LogP contribution in [0.25, 0.3) is 6.08 Å². The fourth-order valence-corrected chi connectivity index (χ4v) is 2.76. The van der Waals surface area contributed by atoms with Crippen molar-refractivity contribution in [1.29, 1.82) is 0 Å². The third-order valence-electron chi connectivity index (χ3n) is 4.01. The third kappa shape index (κ3) is 2.98. The van der Waals surface area contributed by atoms with Gasteiger partial charge in [0.15, 0.2) is 0 Å². The fraction of sp³-hybridized carbons (Fsp3) is 0. The van der Waals surface area contributed by atoms with Gasteiger partial charge in [0.25, 0.3) is 5.91 Å². The van der Waals surface area contributed by atoms with E-state index in [1.54, 1.807) is 47.6 Å². The molecule has 0 aliphatic carbocycles. The second kappa shape index (κ2) is 6.64. The molecule has 26 heavy (non-hydrogen) atoms. The molecule has 0 atom stereocenters. The summed E-state index contributed by atoms with van der Waals surface area (Å²) < 4.78 is 0. The third-order valence-corrected chi connectivity index (χ3v) is 4.01. The van der Waals surface area contributed by atoms with Crippen LogP contribution in [0.3, 0.4) is 0 Å². The van der Waals surface area contributed by atoms with Crippen LogP contribution in [-0.4, -0.2) is 21.8 Å². The van der Waals surface area contributed by atoms with Gasteiger partial charge in [0.1, 0.15) is 17.3 Å². The Morgan fingerprint density at radius 3 is 2.27 bits per heavy atom. The zero-order valence-electron chi connectivity index (χ0n) is 13.8. The Labute approximate surface area is 150 Å². The number of amidine groups is 1. The highest BCUT2D eigenvalue weighted by atomic mass is 16.3. The predicted octanol–water partition coefficient (Wildman–Crippen LogP) is 3.62. The highest BCUT2D eigenvalue weighted by Crippen LogP contribution is 2.28. The highest BCUT2D eigenvalue weighted by molar-refractivity contribution is 6.33. The standard InChI is InChI=1S/C21H15N3O2/c25-18-8-6-17(7-9-18)24-20(16-4-2-1-3-5-16)23-19(21(24)26)14-15-10-12-22-13-11-15/h1-14,25H/b19-14+. The molecule has 1 aliphatic heterocycles. The number of carbonyl (C=O) groups excluding carboxylic acids is 1. The van der Waals surface area contributed by atoms with Crippen LogP contribution in [0.2, 0.25) is 0 Å². The number of hydrogen-bond donors (Lipinski definition) is 1. The number of pyridine rings is 1. The molecule has 2 aromatic carbocycles. The van der Waals surface area contributed by atoms with Crippen molar-refractivity contribution in [3.8, 4) is 5.75 Å². The minimum absolute atomic E-state index is 0.145. The van der Waals surface area contributed by atoms with Crippen molar-refractivity contribution in [2.75, 3.05) is 4.90 Å². The van der Waals surface area contributed by atoms with Gasteiger partial charge < -0.3 is 5.11 Å². The van der Waals surface area contributed by atoms with Crippen LogP contribution in [0.1, 0.15) is 11.1 Å². The molecule has 1 aromatic heterocycles. The van der Waals surface area contributed by atoms with Crippen LogP contribution in [0.4, 0.5) is 5.69 Å². The molecular formula is C21H15N3O2. The molecular weight excluding hydrogens is 326 g/mol. The Kier molecular flexibility index (Phi) is 4.03. The largest absolute Gasteiger partial charge is 0.508 e. The number of anilines is 1. The number of aromatic hydroxyl groups is 1. The minimum Gasteiger partial charge on any atom is -0.508 e. The summed E-state index contributed by atoms with van der Waals surface area (Å²) in [5, 5.41) is 9.54. The summed E-state index contributed by atoms with van der Waals surface area (Å²) in [4.78, 5) is 23.2. The zero-order valence-corrected chi connectivity index (χ0v) is 13.8. The summed E-state index contributed by atoms with van der Waals surface area (Å²) in [5.74, 6) is 0.485. The second-order valence-electron chi connectivity index (χ2n) is 5.77. The Hall–Kier alpha value is -3.73. The van der Waals surface area contributed by atoms with Crippen molar-refractivity contribution in [2.45, 2.75) is 0 Å². The van der Waals surface area contributed by atoms with Gasteiger partial charge in [0, 0.05) is 18.0 Å².